The fourth-order valence-electron chi connectivity index (χ4n) is 3.84. The van der Waals surface area contributed by atoms with Gasteiger partial charge in [-0.3, -0.25) is 9.59 Å². The Balaban J connectivity index is 1.40. The van der Waals surface area contributed by atoms with Crippen LogP contribution in [0, 0.1) is 6.92 Å². The van der Waals surface area contributed by atoms with Crippen molar-refractivity contribution in [2.75, 3.05) is 17.3 Å². The van der Waals surface area contributed by atoms with Gasteiger partial charge in [0.2, 0.25) is 0 Å². The van der Waals surface area contributed by atoms with Gasteiger partial charge in [-0.25, -0.2) is 9.37 Å². The summed E-state index contributed by atoms with van der Waals surface area (Å²) >= 11 is 1.41. The van der Waals surface area contributed by atoms with Gasteiger partial charge in [-0.2, -0.15) is 0 Å². The molecule has 2 N–H and O–H groups in total. The van der Waals surface area contributed by atoms with Crippen molar-refractivity contribution in [2.24, 2.45) is 0 Å². The minimum Gasteiger partial charge on any atom is -0.346 e. The van der Waals surface area contributed by atoms with Gasteiger partial charge >= 0.3 is 0 Å². The number of carbonyl (C=O) groups is 2. The molecule has 3 aromatic heterocycles. The number of halogens is 1. The van der Waals surface area contributed by atoms with Crippen molar-refractivity contribution in [1.82, 2.24) is 9.97 Å². The van der Waals surface area contributed by atoms with Crippen LogP contribution >= 0.6 is 11.3 Å². The fourth-order valence-corrected chi connectivity index (χ4v) is 4.90. The second-order valence-corrected chi connectivity index (χ2v) is 9.10. The van der Waals surface area contributed by atoms with Crippen LogP contribution in [0.3, 0.4) is 0 Å². The first-order valence-corrected chi connectivity index (χ1v) is 11.5. The zero-order valence-corrected chi connectivity index (χ0v) is 19.4. The highest BCUT2D eigenvalue weighted by Gasteiger charge is 2.17. The minimum atomic E-state index is -0.630. The largest absolute Gasteiger partial charge is 0.346 e. The number of benzene rings is 2. The second kappa shape index (κ2) is 8.72. The quantitative estimate of drug-likeness (QED) is 0.325. The summed E-state index contributed by atoms with van der Waals surface area (Å²) in [4.78, 5) is 35.5. The van der Waals surface area contributed by atoms with Gasteiger partial charge < -0.3 is 15.2 Å². The molecule has 0 radical (unpaired) electrons. The van der Waals surface area contributed by atoms with Gasteiger partial charge in [-0.1, -0.05) is 18.2 Å². The van der Waals surface area contributed by atoms with E-state index in [9.17, 15) is 14.0 Å². The van der Waals surface area contributed by atoms with Crippen LogP contribution < -0.4 is 10.2 Å². The third kappa shape index (κ3) is 3.92. The number of rotatable bonds is 5. The van der Waals surface area contributed by atoms with Crippen molar-refractivity contribution in [1.29, 1.82) is 0 Å². The number of anilines is 2. The van der Waals surface area contributed by atoms with Gasteiger partial charge in [-0.15, -0.1) is 11.3 Å². The third-order valence-corrected chi connectivity index (χ3v) is 6.96. The number of nitrogens with zero attached hydrogens (tertiary/aromatic N) is 2. The molecule has 0 aliphatic carbocycles. The zero-order valence-electron chi connectivity index (χ0n) is 18.6. The van der Waals surface area contributed by atoms with Crippen LogP contribution in [0.1, 0.15) is 31.2 Å². The first kappa shape index (κ1) is 21.8. The molecule has 2 aromatic carbocycles. The third-order valence-electron chi connectivity index (χ3n) is 5.78. The first-order valence-electron chi connectivity index (χ1n) is 10.6. The average Bonchev–Trinajstić information content (AvgIpc) is 3.51. The number of hydrogen-bond acceptors (Lipinski definition) is 4. The van der Waals surface area contributed by atoms with Crippen molar-refractivity contribution >= 4 is 55.6 Å². The molecule has 0 bridgehead atoms. The average molecular weight is 473 g/mol. The number of fused-ring (bicyclic) bond motifs is 3. The Labute approximate surface area is 199 Å². The number of pyridine rings is 1. The van der Waals surface area contributed by atoms with E-state index >= 15 is 0 Å². The zero-order chi connectivity index (χ0) is 23.8. The summed E-state index contributed by atoms with van der Waals surface area (Å²) in [5.41, 5.74) is 3.74. The highest BCUT2D eigenvalue weighted by Crippen LogP contribution is 2.32. The Morgan fingerprint density at radius 2 is 2.00 bits per heavy atom. The molecule has 0 atom stereocenters. The number of amides is 2. The smallest absolute Gasteiger partial charge is 0.265 e. The van der Waals surface area contributed by atoms with Crippen molar-refractivity contribution < 1.29 is 14.0 Å². The Bertz CT molecular complexity index is 1560. The summed E-state index contributed by atoms with van der Waals surface area (Å²) in [7, 11) is 1.65. The molecule has 0 unspecified atom stereocenters. The van der Waals surface area contributed by atoms with E-state index in [-0.39, 0.29) is 11.8 Å². The Hall–Kier alpha value is -4.04. The highest BCUT2D eigenvalue weighted by atomic mass is 32.1. The number of aromatic nitrogens is 2. The summed E-state index contributed by atoms with van der Waals surface area (Å²) in [6.45, 7) is 1.26. The number of H-pyrrole nitrogens is 1. The standard InChI is InChI=1S/C26H21FN4O2S/c1-15-6-7-19(31(2)26(33)17-5-3-4-16(10-17)13-27)12-21(15)30-25(32)22-11-18-14-29-24-20(8-9-28-24)23(18)34-22/h3-12,14H,13H2,1-2H3,(H,28,29)(H,30,32). The van der Waals surface area contributed by atoms with E-state index < -0.39 is 6.67 Å². The molecule has 0 aliphatic heterocycles. The van der Waals surface area contributed by atoms with E-state index in [1.54, 1.807) is 43.6 Å². The molecule has 2 amide bonds. The van der Waals surface area contributed by atoms with Gasteiger partial charge in [0.25, 0.3) is 11.8 Å². The molecule has 0 saturated heterocycles. The molecule has 34 heavy (non-hydrogen) atoms. The molecular weight excluding hydrogens is 451 g/mol. The summed E-state index contributed by atoms with van der Waals surface area (Å²) in [6, 6.07) is 15.7. The maximum Gasteiger partial charge on any atom is 0.265 e. The summed E-state index contributed by atoms with van der Waals surface area (Å²) in [5.74, 6) is -0.487. The van der Waals surface area contributed by atoms with Gasteiger partial charge in [-0.05, 0) is 54.4 Å². The van der Waals surface area contributed by atoms with E-state index in [1.165, 1.54) is 16.2 Å². The normalized spacial score (nSPS) is 11.1. The molecule has 0 saturated carbocycles. The predicted molar refractivity (Wildman–Crippen MR) is 135 cm³/mol. The van der Waals surface area contributed by atoms with Crippen LogP contribution in [0.25, 0.3) is 21.1 Å². The molecule has 8 heteroatoms. The highest BCUT2D eigenvalue weighted by molar-refractivity contribution is 7.21. The number of carbonyl (C=O) groups excluding carboxylic acids is 2. The van der Waals surface area contributed by atoms with E-state index in [4.69, 9.17) is 0 Å². The Kier molecular flexibility index (Phi) is 5.59. The van der Waals surface area contributed by atoms with Crippen LogP contribution in [0.15, 0.2) is 67.0 Å². The van der Waals surface area contributed by atoms with E-state index in [0.29, 0.717) is 27.4 Å². The second-order valence-electron chi connectivity index (χ2n) is 8.04. The summed E-state index contributed by atoms with van der Waals surface area (Å²) in [6.07, 6.45) is 3.59. The Morgan fingerprint density at radius 3 is 2.82 bits per heavy atom. The van der Waals surface area contributed by atoms with Gasteiger partial charge in [0.05, 0.1) is 4.88 Å². The Morgan fingerprint density at radius 1 is 1.15 bits per heavy atom. The van der Waals surface area contributed by atoms with E-state index in [0.717, 1.165) is 26.7 Å². The first-order chi connectivity index (χ1) is 16.4. The lowest BCUT2D eigenvalue weighted by atomic mass is 10.1. The SMILES string of the molecule is Cc1ccc(N(C)C(=O)c2cccc(CF)c2)cc1NC(=O)c1cc2cnc3[nH]ccc3c2s1. The van der Waals surface area contributed by atoms with E-state index in [1.807, 2.05) is 37.4 Å². The molecule has 6 nitrogen and oxygen atoms in total. The molecule has 5 aromatic rings. The van der Waals surface area contributed by atoms with Gasteiger partial charge in [0, 0.05) is 51.9 Å². The minimum absolute atomic E-state index is 0.227. The molecule has 0 fully saturated rings. The van der Waals surface area contributed by atoms with E-state index in [2.05, 4.69) is 15.3 Å². The monoisotopic (exact) mass is 472 g/mol. The van der Waals surface area contributed by atoms with Crippen LogP contribution in [-0.4, -0.2) is 28.8 Å². The molecule has 0 aliphatic rings. The number of aromatic amines is 1. The van der Waals surface area contributed by atoms with Crippen LogP contribution in [-0.2, 0) is 6.67 Å². The number of alkyl halides is 1. The van der Waals surface area contributed by atoms with Gasteiger partial charge in [0.15, 0.2) is 0 Å². The van der Waals surface area contributed by atoms with Crippen molar-refractivity contribution in [3.63, 3.8) is 0 Å². The van der Waals surface area contributed by atoms with Crippen LogP contribution in [0.5, 0.6) is 0 Å². The summed E-state index contributed by atoms with van der Waals surface area (Å²) < 4.78 is 14.0. The molecule has 5 rings (SSSR count). The number of thiophene rings is 1. The number of nitrogens with one attached hydrogen (secondary N) is 2. The van der Waals surface area contributed by atoms with Crippen molar-refractivity contribution in [3.05, 3.63) is 88.6 Å². The molecular formula is C26H21FN4O2S. The van der Waals surface area contributed by atoms with Crippen LogP contribution in [0.2, 0.25) is 0 Å². The van der Waals surface area contributed by atoms with Crippen molar-refractivity contribution in [3.8, 4) is 0 Å². The lowest BCUT2D eigenvalue weighted by molar-refractivity contribution is 0.0991. The number of aryl methyl sites for hydroxylation is 1. The molecule has 170 valence electrons. The maximum absolute atomic E-state index is 13.1. The summed E-state index contributed by atoms with van der Waals surface area (Å²) in [5, 5.41) is 4.87. The maximum atomic E-state index is 13.1. The number of hydrogen-bond donors (Lipinski definition) is 2. The van der Waals surface area contributed by atoms with Crippen molar-refractivity contribution in [2.45, 2.75) is 13.6 Å². The molecule has 0 spiro atoms. The lowest BCUT2D eigenvalue weighted by Crippen LogP contribution is -2.26. The topological polar surface area (TPSA) is 78.1 Å². The lowest BCUT2D eigenvalue weighted by Gasteiger charge is -2.19. The van der Waals surface area contributed by atoms with Crippen LogP contribution in [0.4, 0.5) is 15.8 Å². The van der Waals surface area contributed by atoms with Gasteiger partial charge in [0.1, 0.15) is 12.3 Å². The fraction of sp³-hybridized carbons (Fsp3) is 0.115. The molecule has 3 heterocycles. The predicted octanol–water partition coefficient (Wildman–Crippen LogP) is 6.08.